The van der Waals surface area contributed by atoms with E-state index in [2.05, 4.69) is 31.3 Å². The summed E-state index contributed by atoms with van der Waals surface area (Å²) in [6.07, 6.45) is 0.427. The van der Waals surface area contributed by atoms with Crippen molar-refractivity contribution in [2.45, 2.75) is 26.2 Å². The Kier molecular flexibility index (Phi) is 5.04. The molecule has 22 heavy (non-hydrogen) atoms. The molecule has 0 aliphatic rings. The lowest BCUT2D eigenvalue weighted by molar-refractivity contribution is -0.116. The molecule has 0 spiro atoms. The molecular weight excluding hydrogens is 276 g/mol. The van der Waals surface area contributed by atoms with Gasteiger partial charge in [0.25, 0.3) is 0 Å². The van der Waals surface area contributed by atoms with Crippen molar-refractivity contribution in [1.29, 1.82) is 0 Å². The number of anilines is 2. The summed E-state index contributed by atoms with van der Waals surface area (Å²) in [4.78, 5) is 12.2. The minimum atomic E-state index is -0.0275. The average molecular weight is 298 g/mol. The fourth-order valence-electron chi connectivity index (χ4n) is 2.55. The number of hydrogen-bond acceptors (Lipinski definition) is 3. The molecule has 4 nitrogen and oxygen atoms in total. The highest BCUT2D eigenvalue weighted by Crippen LogP contribution is 2.26. The molecule has 0 saturated heterocycles. The highest BCUT2D eigenvalue weighted by molar-refractivity contribution is 5.92. The van der Waals surface area contributed by atoms with Gasteiger partial charge < -0.3 is 15.8 Å². The van der Waals surface area contributed by atoms with E-state index in [9.17, 15) is 4.79 Å². The first-order valence-electron chi connectivity index (χ1n) is 7.30. The Morgan fingerprint density at radius 2 is 2.00 bits per heavy atom. The molecule has 0 radical (unpaired) electrons. The van der Waals surface area contributed by atoms with E-state index in [1.54, 1.807) is 25.3 Å². The summed E-state index contributed by atoms with van der Waals surface area (Å²) in [6, 6.07) is 13.4. The van der Waals surface area contributed by atoms with Crippen LogP contribution in [0.1, 0.15) is 30.4 Å². The van der Waals surface area contributed by atoms with Gasteiger partial charge in [-0.05, 0) is 42.2 Å². The van der Waals surface area contributed by atoms with Crippen LogP contribution in [0.5, 0.6) is 5.75 Å². The van der Waals surface area contributed by atoms with Gasteiger partial charge in [0.2, 0.25) is 5.91 Å². The first-order chi connectivity index (χ1) is 10.5. The number of amides is 1. The Hall–Kier alpha value is -2.49. The molecule has 3 N–H and O–H groups in total. The van der Waals surface area contributed by atoms with Crippen molar-refractivity contribution in [3.63, 3.8) is 0 Å². The molecule has 0 aliphatic carbocycles. The standard InChI is InChI=1S/C18H22N2O2/c1-12-6-4-5-7-15(12)13(2)10-18(21)20-14-8-9-17(22-3)16(19)11-14/h4-9,11,13H,10,19H2,1-3H3,(H,20,21). The quantitative estimate of drug-likeness (QED) is 0.827. The third kappa shape index (κ3) is 3.79. The van der Waals surface area contributed by atoms with Gasteiger partial charge in [-0.1, -0.05) is 31.2 Å². The van der Waals surface area contributed by atoms with Crippen molar-refractivity contribution in [2.75, 3.05) is 18.2 Å². The van der Waals surface area contributed by atoms with E-state index < -0.39 is 0 Å². The van der Waals surface area contributed by atoms with Crippen molar-refractivity contribution in [2.24, 2.45) is 0 Å². The van der Waals surface area contributed by atoms with E-state index in [4.69, 9.17) is 10.5 Å². The Bertz CT molecular complexity index is 668. The fourth-order valence-corrected chi connectivity index (χ4v) is 2.55. The summed E-state index contributed by atoms with van der Waals surface area (Å²) >= 11 is 0. The van der Waals surface area contributed by atoms with E-state index in [1.807, 2.05) is 12.1 Å². The van der Waals surface area contributed by atoms with Crippen molar-refractivity contribution >= 4 is 17.3 Å². The molecule has 1 unspecified atom stereocenters. The molecule has 2 aromatic rings. The zero-order chi connectivity index (χ0) is 16.1. The molecule has 0 aliphatic heterocycles. The maximum Gasteiger partial charge on any atom is 0.224 e. The molecule has 0 aromatic heterocycles. The number of nitrogen functional groups attached to an aromatic ring is 1. The van der Waals surface area contributed by atoms with E-state index in [0.717, 1.165) is 0 Å². The first kappa shape index (κ1) is 15.9. The van der Waals surface area contributed by atoms with Gasteiger partial charge in [-0.25, -0.2) is 0 Å². The summed E-state index contributed by atoms with van der Waals surface area (Å²) < 4.78 is 5.10. The maximum absolute atomic E-state index is 12.2. The van der Waals surface area contributed by atoms with Gasteiger partial charge in [0.15, 0.2) is 0 Å². The summed E-state index contributed by atoms with van der Waals surface area (Å²) in [6.45, 7) is 4.12. The molecule has 0 heterocycles. The number of ether oxygens (including phenoxy) is 1. The molecule has 0 fully saturated rings. The summed E-state index contributed by atoms with van der Waals surface area (Å²) in [5.74, 6) is 0.739. The van der Waals surface area contributed by atoms with Gasteiger partial charge >= 0.3 is 0 Å². The second-order valence-electron chi connectivity index (χ2n) is 5.47. The second kappa shape index (κ2) is 6.98. The largest absolute Gasteiger partial charge is 0.495 e. The van der Waals surface area contributed by atoms with E-state index in [-0.39, 0.29) is 11.8 Å². The summed E-state index contributed by atoms with van der Waals surface area (Å²) in [5, 5.41) is 2.88. The van der Waals surface area contributed by atoms with Crippen molar-refractivity contribution < 1.29 is 9.53 Å². The van der Waals surface area contributed by atoms with Crippen molar-refractivity contribution in [1.82, 2.24) is 0 Å². The maximum atomic E-state index is 12.2. The van der Waals surface area contributed by atoms with Crippen LogP contribution >= 0.6 is 0 Å². The molecule has 0 saturated carbocycles. The number of hydrogen-bond donors (Lipinski definition) is 2. The van der Waals surface area contributed by atoms with Crippen molar-refractivity contribution in [3.05, 3.63) is 53.6 Å². The van der Waals surface area contributed by atoms with E-state index in [0.29, 0.717) is 23.5 Å². The van der Waals surface area contributed by atoms with Crippen LogP contribution in [-0.4, -0.2) is 13.0 Å². The minimum absolute atomic E-state index is 0.0275. The topological polar surface area (TPSA) is 64.3 Å². The Morgan fingerprint density at radius 3 is 2.64 bits per heavy atom. The summed E-state index contributed by atoms with van der Waals surface area (Å²) in [5.41, 5.74) is 9.44. The third-order valence-electron chi connectivity index (χ3n) is 3.72. The summed E-state index contributed by atoms with van der Waals surface area (Å²) in [7, 11) is 1.56. The number of nitrogens with one attached hydrogen (secondary N) is 1. The van der Waals surface area contributed by atoms with Gasteiger partial charge in [0, 0.05) is 12.1 Å². The highest BCUT2D eigenvalue weighted by Gasteiger charge is 2.13. The van der Waals surface area contributed by atoms with Gasteiger partial charge in [0.05, 0.1) is 12.8 Å². The number of rotatable bonds is 5. The third-order valence-corrected chi connectivity index (χ3v) is 3.72. The number of methoxy groups -OCH3 is 1. The first-order valence-corrected chi connectivity index (χ1v) is 7.30. The van der Waals surface area contributed by atoms with Crippen LogP contribution in [0.2, 0.25) is 0 Å². The molecule has 1 amide bonds. The molecule has 2 aromatic carbocycles. The predicted octanol–water partition coefficient (Wildman–Crippen LogP) is 3.72. The number of aryl methyl sites for hydroxylation is 1. The van der Waals surface area contributed by atoms with E-state index >= 15 is 0 Å². The van der Waals surface area contributed by atoms with Crippen molar-refractivity contribution in [3.8, 4) is 5.75 Å². The Balaban J connectivity index is 2.01. The molecule has 116 valence electrons. The lowest BCUT2D eigenvalue weighted by atomic mass is 9.93. The Morgan fingerprint density at radius 1 is 1.27 bits per heavy atom. The minimum Gasteiger partial charge on any atom is -0.495 e. The number of benzene rings is 2. The molecule has 4 heteroatoms. The van der Waals surface area contributed by atoms with Crippen LogP contribution in [0.15, 0.2) is 42.5 Å². The fraction of sp³-hybridized carbons (Fsp3) is 0.278. The lowest BCUT2D eigenvalue weighted by Gasteiger charge is -2.15. The normalized spacial score (nSPS) is 11.8. The molecule has 0 bridgehead atoms. The molecule has 2 rings (SSSR count). The Labute approximate surface area is 131 Å². The smallest absolute Gasteiger partial charge is 0.224 e. The monoisotopic (exact) mass is 298 g/mol. The number of carbonyl (C=O) groups is 1. The zero-order valence-electron chi connectivity index (χ0n) is 13.2. The second-order valence-corrected chi connectivity index (χ2v) is 5.47. The van der Waals surface area contributed by atoms with Crippen LogP contribution < -0.4 is 15.8 Å². The number of carbonyl (C=O) groups excluding carboxylic acids is 1. The van der Waals surface area contributed by atoms with Crippen LogP contribution in [0.25, 0.3) is 0 Å². The van der Waals surface area contributed by atoms with Crippen LogP contribution in [-0.2, 0) is 4.79 Å². The van der Waals surface area contributed by atoms with Crippen LogP contribution in [0.3, 0.4) is 0 Å². The lowest BCUT2D eigenvalue weighted by Crippen LogP contribution is -2.15. The van der Waals surface area contributed by atoms with E-state index in [1.165, 1.54) is 11.1 Å². The van der Waals surface area contributed by atoms with Gasteiger partial charge in [-0.15, -0.1) is 0 Å². The molecular formula is C18H22N2O2. The number of nitrogens with two attached hydrogens (primary N) is 1. The average Bonchev–Trinajstić information content (AvgIpc) is 2.47. The zero-order valence-corrected chi connectivity index (χ0v) is 13.2. The predicted molar refractivity (Wildman–Crippen MR) is 90.2 cm³/mol. The van der Waals surface area contributed by atoms with Crippen LogP contribution in [0.4, 0.5) is 11.4 Å². The molecule has 1 atom stereocenters. The van der Waals surface area contributed by atoms with Gasteiger partial charge in [-0.3, -0.25) is 4.79 Å². The van der Waals surface area contributed by atoms with Crippen LogP contribution in [0, 0.1) is 6.92 Å². The SMILES string of the molecule is COc1ccc(NC(=O)CC(C)c2ccccc2C)cc1N. The van der Waals surface area contributed by atoms with Gasteiger partial charge in [-0.2, -0.15) is 0 Å². The van der Waals surface area contributed by atoms with Gasteiger partial charge in [0.1, 0.15) is 5.75 Å². The highest BCUT2D eigenvalue weighted by atomic mass is 16.5.